The van der Waals surface area contributed by atoms with Gasteiger partial charge in [-0.2, -0.15) is 0 Å². The lowest BCUT2D eigenvalue weighted by molar-refractivity contribution is 1.19. The zero-order valence-corrected chi connectivity index (χ0v) is 11.2. The van der Waals surface area contributed by atoms with Gasteiger partial charge in [0.15, 0.2) is 0 Å². The molecule has 0 saturated carbocycles. The smallest absolute Gasteiger partial charge is 0.00603 e. The third-order valence-electron chi connectivity index (χ3n) is 3.63. The molecule has 0 nitrogen and oxygen atoms in total. The molecule has 0 spiro atoms. The van der Waals surface area contributed by atoms with Crippen LogP contribution in [0.3, 0.4) is 0 Å². The Bertz CT molecular complexity index is 628. The molecule has 0 radical (unpaired) electrons. The first kappa shape index (κ1) is 11.3. The molecule has 0 aromatic heterocycles. The van der Waals surface area contributed by atoms with Gasteiger partial charge in [0, 0.05) is 0 Å². The Balaban J connectivity index is 2.20. The third kappa shape index (κ3) is 1.88. The van der Waals surface area contributed by atoms with Gasteiger partial charge in [-0.3, -0.25) is 0 Å². The van der Waals surface area contributed by atoms with Crippen molar-refractivity contribution in [3.63, 3.8) is 0 Å². The Labute approximate surface area is 109 Å². The normalized spacial score (nSPS) is 13.4. The quantitative estimate of drug-likeness (QED) is 0.656. The summed E-state index contributed by atoms with van der Waals surface area (Å²) >= 11 is 0. The molecular weight excluding hydrogens is 216 g/mol. The Morgan fingerprint density at radius 3 is 2.28 bits per heavy atom. The van der Waals surface area contributed by atoms with Gasteiger partial charge in [0.1, 0.15) is 0 Å². The van der Waals surface area contributed by atoms with Crippen LogP contribution in [0.5, 0.6) is 0 Å². The number of rotatable bonds is 1. The first-order valence-corrected chi connectivity index (χ1v) is 6.51. The lowest BCUT2D eigenvalue weighted by atomic mass is 9.94. The van der Waals surface area contributed by atoms with E-state index in [-0.39, 0.29) is 0 Å². The lowest BCUT2D eigenvalue weighted by Crippen LogP contribution is -1.90. The topological polar surface area (TPSA) is 0 Å². The van der Waals surface area contributed by atoms with Crippen molar-refractivity contribution < 1.29 is 0 Å². The van der Waals surface area contributed by atoms with Crippen LogP contribution in [0.15, 0.2) is 42.0 Å². The van der Waals surface area contributed by atoms with Crippen LogP contribution in [0.2, 0.25) is 0 Å². The van der Waals surface area contributed by atoms with Crippen molar-refractivity contribution in [1.82, 2.24) is 0 Å². The van der Waals surface area contributed by atoms with E-state index in [9.17, 15) is 0 Å². The van der Waals surface area contributed by atoms with Crippen molar-refractivity contribution in [3.8, 4) is 11.1 Å². The third-order valence-corrected chi connectivity index (χ3v) is 3.63. The zero-order valence-electron chi connectivity index (χ0n) is 11.2. The molecule has 0 aliphatic heterocycles. The van der Waals surface area contributed by atoms with Crippen LogP contribution in [0.25, 0.3) is 17.2 Å². The van der Waals surface area contributed by atoms with Crippen LogP contribution >= 0.6 is 0 Å². The molecule has 0 heterocycles. The number of fused-ring (bicyclic) bond motifs is 1. The van der Waals surface area contributed by atoms with Crippen LogP contribution in [-0.4, -0.2) is 0 Å². The predicted octanol–water partition coefficient (Wildman–Crippen LogP) is 4.93. The van der Waals surface area contributed by atoms with Crippen molar-refractivity contribution in [3.05, 3.63) is 64.2 Å². The summed E-state index contributed by atoms with van der Waals surface area (Å²) in [6, 6.07) is 13.5. The fraction of sp³-hybridized carbons (Fsp3) is 0.222. The molecule has 0 heteroatoms. The summed E-state index contributed by atoms with van der Waals surface area (Å²) in [5, 5.41) is 0. The molecule has 0 saturated heterocycles. The fourth-order valence-electron chi connectivity index (χ4n) is 2.76. The Kier molecular flexibility index (Phi) is 2.59. The van der Waals surface area contributed by atoms with Gasteiger partial charge in [-0.05, 0) is 49.4 Å². The van der Waals surface area contributed by atoms with Crippen molar-refractivity contribution in [2.75, 3.05) is 0 Å². The van der Waals surface area contributed by atoms with Gasteiger partial charge in [0.2, 0.25) is 0 Å². The van der Waals surface area contributed by atoms with Crippen molar-refractivity contribution >= 4 is 6.08 Å². The summed E-state index contributed by atoms with van der Waals surface area (Å²) in [6.45, 7) is 6.54. The van der Waals surface area contributed by atoms with Gasteiger partial charge >= 0.3 is 0 Å². The molecule has 3 rings (SSSR count). The van der Waals surface area contributed by atoms with E-state index in [2.05, 4.69) is 63.2 Å². The van der Waals surface area contributed by atoms with Crippen molar-refractivity contribution in [2.45, 2.75) is 27.2 Å². The molecule has 0 amide bonds. The highest BCUT2D eigenvalue weighted by Crippen LogP contribution is 2.35. The molecule has 90 valence electrons. The molecule has 18 heavy (non-hydrogen) atoms. The summed E-state index contributed by atoms with van der Waals surface area (Å²) in [6.07, 6.45) is 3.44. The van der Waals surface area contributed by atoms with Gasteiger partial charge < -0.3 is 0 Å². The number of benzene rings is 2. The van der Waals surface area contributed by atoms with E-state index >= 15 is 0 Å². The van der Waals surface area contributed by atoms with Gasteiger partial charge in [-0.15, -0.1) is 0 Å². The van der Waals surface area contributed by atoms with Crippen molar-refractivity contribution in [1.29, 1.82) is 0 Å². The molecule has 0 atom stereocenters. The summed E-state index contributed by atoms with van der Waals surface area (Å²) in [5.41, 5.74) is 9.73. The minimum Gasteiger partial charge on any atom is -0.0683 e. The number of hydrogen-bond donors (Lipinski definition) is 0. The number of allylic oxidation sites excluding steroid dienone is 1. The summed E-state index contributed by atoms with van der Waals surface area (Å²) in [4.78, 5) is 0. The maximum Gasteiger partial charge on any atom is -0.00603 e. The van der Waals surface area contributed by atoms with E-state index in [1.54, 1.807) is 0 Å². The van der Waals surface area contributed by atoms with E-state index in [1.807, 2.05) is 0 Å². The lowest BCUT2D eigenvalue weighted by Gasteiger charge is -2.10. The van der Waals surface area contributed by atoms with Crippen LogP contribution < -0.4 is 0 Å². The Morgan fingerprint density at radius 2 is 1.56 bits per heavy atom. The average molecular weight is 234 g/mol. The maximum atomic E-state index is 2.34. The van der Waals surface area contributed by atoms with E-state index in [0.717, 1.165) is 6.42 Å². The van der Waals surface area contributed by atoms with Crippen molar-refractivity contribution in [2.24, 2.45) is 0 Å². The summed E-state index contributed by atoms with van der Waals surface area (Å²) in [5.74, 6) is 0. The molecule has 1 aliphatic carbocycles. The van der Waals surface area contributed by atoms with Gasteiger partial charge in [-0.1, -0.05) is 59.2 Å². The highest BCUT2D eigenvalue weighted by atomic mass is 14.2. The molecular formula is C18H18. The molecule has 0 fully saturated rings. The fourth-order valence-corrected chi connectivity index (χ4v) is 2.76. The molecule has 2 aromatic rings. The second-order valence-electron chi connectivity index (χ2n) is 5.42. The van der Waals surface area contributed by atoms with Gasteiger partial charge in [-0.25, -0.2) is 0 Å². The average Bonchev–Trinajstić information content (AvgIpc) is 2.69. The van der Waals surface area contributed by atoms with E-state index in [0.29, 0.717) is 0 Å². The predicted molar refractivity (Wildman–Crippen MR) is 78.7 cm³/mol. The molecule has 0 bridgehead atoms. The maximum absolute atomic E-state index is 2.34. The summed E-state index contributed by atoms with van der Waals surface area (Å²) < 4.78 is 0. The molecule has 0 unspecified atom stereocenters. The minimum atomic E-state index is 1.11. The standard InChI is InChI=1S/C18H18/c1-12-4-6-15(7-5-12)17-10-13(2)8-16-9-14(3)11-18(16)17/h4-8,10-11H,9H2,1-3H3. The van der Waals surface area contributed by atoms with Gasteiger partial charge in [0.25, 0.3) is 0 Å². The first-order chi connectivity index (χ1) is 8.63. The van der Waals surface area contributed by atoms with Crippen LogP contribution in [0.4, 0.5) is 0 Å². The highest BCUT2D eigenvalue weighted by molar-refractivity contribution is 5.81. The molecule has 0 N–H and O–H groups in total. The van der Waals surface area contributed by atoms with E-state index < -0.39 is 0 Å². The highest BCUT2D eigenvalue weighted by Gasteiger charge is 2.15. The van der Waals surface area contributed by atoms with E-state index in [4.69, 9.17) is 0 Å². The van der Waals surface area contributed by atoms with Crippen LogP contribution in [0, 0.1) is 13.8 Å². The van der Waals surface area contributed by atoms with E-state index in [1.165, 1.54) is 39.0 Å². The zero-order chi connectivity index (χ0) is 12.7. The number of aryl methyl sites for hydroxylation is 2. The second-order valence-corrected chi connectivity index (χ2v) is 5.42. The first-order valence-electron chi connectivity index (χ1n) is 6.51. The monoisotopic (exact) mass is 234 g/mol. The minimum absolute atomic E-state index is 1.11. The molecule has 2 aromatic carbocycles. The molecule has 1 aliphatic rings. The number of hydrogen-bond acceptors (Lipinski definition) is 0. The summed E-state index contributed by atoms with van der Waals surface area (Å²) in [7, 11) is 0. The van der Waals surface area contributed by atoms with Crippen LogP contribution in [-0.2, 0) is 6.42 Å². The largest absolute Gasteiger partial charge is 0.0683 e. The van der Waals surface area contributed by atoms with Gasteiger partial charge in [0.05, 0.1) is 0 Å². The Hall–Kier alpha value is -1.82. The van der Waals surface area contributed by atoms with Crippen LogP contribution in [0.1, 0.15) is 29.2 Å². The second kappa shape index (κ2) is 4.13. The Morgan fingerprint density at radius 1 is 0.833 bits per heavy atom. The SMILES string of the molecule is CC1=Cc2c(cc(C)cc2-c2ccc(C)cc2)C1.